The van der Waals surface area contributed by atoms with Gasteiger partial charge in [-0.3, -0.25) is 37.3 Å². The number of esters is 4. The molecule has 0 aromatic rings. The minimum Gasteiger partial charge on any atom is -0.462 e. The molecule has 84 heavy (non-hydrogen) atoms. The van der Waals surface area contributed by atoms with E-state index in [4.69, 9.17) is 37.0 Å². The van der Waals surface area contributed by atoms with Crippen LogP contribution in [0.1, 0.15) is 330 Å². The Kier molecular flexibility index (Phi) is 57.4. The standard InChI is InChI=1S/C65H126O17P2/c1-6-9-12-15-18-21-23-24-26-29-36-41-46-51-65(70)82-61(55-76-63(68)49-44-39-34-31-30-32-37-42-47-58(4)5)57-80-84(73,74)78-53-59(66)52-77-83(71,72)79-56-60(54-75-62(67)48-43-38-33-27-20-17-14-11-8-3)81-64(69)50-45-40-35-28-25-22-19-16-13-10-7-2/h58-61,66H,6-57H2,1-5H3,(H,71,72)(H,73,74)/t59-,60+,61+/m0/s1. The quantitative estimate of drug-likeness (QED) is 0.0222. The predicted molar refractivity (Wildman–Crippen MR) is 335 cm³/mol. The van der Waals surface area contributed by atoms with Crippen LogP contribution in [0.25, 0.3) is 0 Å². The zero-order valence-electron chi connectivity index (χ0n) is 54.0. The second-order valence-electron chi connectivity index (χ2n) is 24.0. The van der Waals surface area contributed by atoms with Gasteiger partial charge < -0.3 is 33.8 Å². The molecule has 3 N–H and O–H groups in total. The smallest absolute Gasteiger partial charge is 0.462 e. The lowest BCUT2D eigenvalue weighted by Crippen LogP contribution is -2.30. The van der Waals surface area contributed by atoms with E-state index in [1.54, 1.807) is 0 Å². The fraction of sp³-hybridized carbons (Fsp3) is 0.938. The SMILES string of the molecule is CCCCCCCCCCCCCCCC(=O)O[C@H](COC(=O)CCCCCCCCCCC(C)C)COP(=O)(O)OC[C@@H](O)COP(=O)(O)OC[C@@H](COC(=O)CCCCCCCCCCC)OC(=O)CCCCCCCCCCCCC. The third-order valence-electron chi connectivity index (χ3n) is 15.0. The Morgan fingerprint density at radius 1 is 0.321 bits per heavy atom. The van der Waals surface area contributed by atoms with E-state index in [1.807, 2.05) is 0 Å². The van der Waals surface area contributed by atoms with E-state index in [0.29, 0.717) is 25.7 Å². The van der Waals surface area contributed by atoms with Crippen molar-refractivity contribution >= 4 is 39.5 Å². The molecular formula is C65H126O17P2. The topological polar surface area (TPSA) is 237 Å². The predicted octanol–water partition coefficient (Wildman–Crippen LogP) is 18.2. The maximum absolute atomic E-state index is 13.0. The van der Waals surface area contributed by atoms with Crippen molar-refractivity contribution in [1.82, 2.24) is 0 Å². The van der Waals surface area contributed by atoms with E-state index in [2.05, 4.69) is 34.6 Å². The Morgan fingerprint density at radius 3 is 0.810 bits per heavy atom. The third kappa shape index (κ3) is 59.0. The minimum atomic E-state index is -4.94. The lowest BCUT2D eigenvalue weighted by molar-refractivity contribution is -0.161. The molecule has 0 aliphatic carbocycles. The number of hydrogen-bond acceptors (Lipinski definition) is 15. The summed E-state index contributed by atoms with van der Waals surface area (Å²) in [6.45, 7) is 7.16. The molecule has 0 heterocycles. The first-order valence-electron chi connectivity index (χ1n) is 34.1. The monoisotopic (exact) mass is 1240 g/mol. The summed E-state index contributed by atoms with van der Waals surface area (Å²) in [5.74, 6) is -1.40. The maximum atomic E-state index is 13.0. The van der Waals surface area contributed by atoms with Gasteiger partial charge in [0.15, 0.2) is 12.2 Å². The summed E-state index contributed by atoms with van der Waals surface area (Å²) in [5.41, 5.74) is 0. The molecule has 0 bridgehead atoms. The van der Waals surface area contributed by atoms with Gasteiger partial charge in [0.1, 0.15) is 19.3 Å². The molecule has 17 nitrogen and oxygen atoms in total. The second kappa shape index (κ2) is 58.7. The number of aliphatic hydroxyl groups is 1. The van der Waals surface area contributed by atoms with Crippen LogP contribution in [0, 0.1) is 5.92 Å². The van der Waals surface area contributed by atoms with Crippen LogP contribution in [0.2, 0.25) is 0 Å². The van der Waals surface area contributed by atoms with E-state index < -0.39 is 97.5 Å². The van der Waals surface area contributed by atoms with Crippen molar-refractivity contribution in [3.05, 3.63) is 0 Å². The first-order chi connectivity index (χ1) is 40.5. The Bertz CT molecular complexity index is 1640. The highest BCUT2D eigenvalue weighted by atomic mass is 31.2. The van der Waals surface area contributed by atoms with Crippen LogP contribution >= 0.6 is 15.6 Å². The molecule has 0 rings (SSSR count). The summed E-state index contributed by atoms with van der Waals surface area (Å²) < 4.78 is 68.0. The molecular weight excluding hydrogens is 1110 g/mol. The third-order valence-corrected chi connectivity index (χ3v) is 16.9. The van der Waals surface area contributed by atoms with Crippen molar-refractivity contribution in [3.63, 3.8) is 0 Å². The molecule has 0 spiro atoms. The fourth-order valence-electron chi connectivity index (χ4n) is 9.76. The number of hydrogen-bond donors (Lipinski definition) is 3. The average molecular weight is 1240 g/mol. The van der Waals surface area contributed by atoms with Crippen molar-refractivity contribution in [2.24, 2.45) is 5.92 Å². The summed E-state index contributed by atoms with van der Waals surface area (Å²) >= 11 is 0. The number of unbranched alkanes of at least 4 members (excludes halogenated alkanes) is 37. The Labute approximate surface area is 511 Å². The summed E-state index contributed by atoms with van der Waals surface area (Å²) in [4.78, 5) is 72.2. The number of rotatable bonds is 65. The average Bonchev–Trinajstić information content (AvgIpc) is 3.46. The van der Waals surface area contributed by atoms with E-state index in [9.17, 15) is 43.2 Å². The lowest BCUT2D eigenvalue weighted by atomic mass is 10.0. The highest BCUT2D eigenvalue weighted by molar-refractivity contribution is 7.47. The molecule has 0 fully saturated rings. The van der Waals surface area contributed by atoms with Gasteiger partial charge in [0.25, 0.3) is 0 Å². The molecule has 0 saturated carbocycles. The summed E-state index contributed by atoms with van der Waals surface area (Å²) in [6.07, 6.45) is 42.9. The van der Waals surface area contributed by atoms with Gasteiger partial charge in [-0.2, -0.15) is 0 Å². The maximum Gasteiger partial charge on any atom is 0.472 e. The van der Waals surface area contributed by atoms with Gasteiger partial charge in [-0.05, 0) is 31.6 Å². The van der Waals surface area contributed by atoms with Gasteiger partial charge in [-0.25, -0.2) is 9.13 Å². The first-order valence-corrected chi connectivity index (χ1v) is 37.1. The second-order valence-corrected chi connectivity index (χ2v) is 26.9. The number of phosphoric acid groups is 2. The van der Waals surface area contributed by atoms with Crippen LogP contribution in [-0.4, -0.2) is 96.7 Å². The Balaban J connectivity index is 5.24. The number of aliphatic hydroxyl groups excluding tert-OH is 1. The van der Waals surface area contributed by atoms with Crippen molar-refractivity contribution in [2.45, 2.75) is 348 Å². The fourth-order valence-corrected chi connectivity index (χ4v) is 11.3. The molecule has 2 unspecified atom stereocenters. The normalized spacial score (nSPS) is 14.2. The number of ether oxygens (including phenoxy) is 4. The van der Waals surface area contributed by atoms with Crippen LogP contribution < -0.4 is 0 Å². The number of carbonyl (C=O) groups excluding carboxylic acids is 4. The molecule has 0 aliphatic rings. The molecule has 0 aromatic carbocycles. The summed E-state index contributed by atoms with van der Waals surface area (Å²) in [7, 11) is -9.89. The van der Waals surface area contributed by atoms with Crippen molar-refractivity contribution in [2.75, 3.05) is 39.6 Å². The van der Waals surface area contributed by atoms with Gasteiger partial charge >= 0.3 is 39.5 Å². The van der Waals surface area contributed by atoms with E-state index in [-0.39, 0.29) is 25.7 Å². The molecule has 0 aliphatic heterocycles. The number of carbonyl (C=O) groups is 4. The van der Waals surface area contributed by atoms with Crippen LogP contribution in [0.3, 0.4) is 0 Å². The van der Waals surface area contributed by atoms with Crippen LogP contribution in [0.15, 0.2) is 0 Å². The van der Waals surface area contributed by atoms with Crippen LogP contribution in [-0.2, 0) is 65.4 Å². The van der Waals surface area contributed by atoms with Gasteiger partial charge in [0.05, 0.1) is 26.4 Å². The Hall–Kier alpha value is -1.94. The van der Waals surface area contributed by atoms with Crippen LogP contribution in [0.4, 0.5) is 0 Å². The van der Waals surface area contributed by atoms with E-state index >= 15 is 0 Å². The van der Waals surface area contributed by atoms with Gasteiger partial charge in [0.2, 0.25) is 0 Å². The molecule has 19 heteroatoms. The lowest BCUT2D eigenvalue weighted by Gasteiger charge is -2.21. The van der Waals surface area contributed by atoms with E-state index in [1.165, 1.54) is 154 Å². The summed E-state index contributed by atoms with van der Waals surface area (Å²) in [6, 6.07) is 0. The van der Waals surface area contributed by atoms with E-state index in [0.717, 1.165) is 95.8 Å². The molecule has 0 aromatic heterocycles. The van der Waals surface area contributed by atoms with Crippen molar-refractivity contribution in [3.8, 4) is 0 Å². The molecule has 498 valence electrons. The zero-order valence-corrected chi connectivity index (χ0v) is 55.8. The van der Waals surface area contributed by atoms with Crippen LogP contribution in [0.5, 0.6) is 0 Å². The summed E-state index contributed by atoms with van der Waals surface area (Å²) in [5, 5.41) is 10.5. The molecule has 5 atom stereocenters. The molecule has 0 saturated heterocycles. The zero-order chi connectivity index (χ0) is 62.0. The van der Waals surface area contributed by atoms with Gasteiger partial charge in [-0.15, -0.1) is 0 Å². The van der Waals surface area contributed by atoms with Gasteiger partial charge in [-0.1, -0.05) is 279 Å². The van der Waals surface area contributed by atoms with Gasteiger partial charge in [0, 0.05) is 25.7 Å². The first kappa shape index (κ1) is 82.1. The van der Waals surface area contributed by atoms with Crippen molar-refractivity contribution in [1.29, 1.82) is 0 Å². The Morgan fingerprint density at radius 2 is 0.548 bits per heavy atom. The molecule has 0 radical (unpaired) electrons. The molecule has 0 amide bonds. The van der Waals surface area contributed by atoms with Crippen molar-refractivity contribution < 1.29 is 80.2 Å². The largest absolute Gasteiger partial charge is 0.472 e. The highest BCUT2D eigenvalue weighted by Crippen LogP contribution is 2.45. The minimum absolute atomic E-state index is 0.107. The highest BCUT2D eigenvalue weighted by Gasteiger charge is 2.30. The number of phosphoric ester groups is 2.